The van der Waals surface area contributed by atoms with Crippen molar-refractivity contribution in [2.75, 3.05) is 26.3 Å². The average Bonchev–Trinajstić information content (AvgIpc) is 2.51. The number of aromatic hydroxyl groups is 1. The predicted octanol–water partition coefficient (Wildman–Crippen LogP) is -0.764. The van der Waals surface area contributed by atoms with Gasteiger partial charge in [0.25, 0.3) is 5.56 Å². The fourth-order valence-corrected chi connectivity index (χ4v) is 2.21. The van der Waals surface area contributed by atoms with E-state index in [1.165, 1.54) is 14.1 Å². The molecule has 0 spiro atoms. The molecule has 1 aliphatic heterocycles. The van der Waals surface area contributed by atoms with Gasteiger partial charge in [0, 0.05) is 14.1 Å². The van der Waals surface area contributed by atoms with E-state index < -0.39 is 11.2 Å². The van der Waals surface area contributed by atoms with E-state index in [9.17, 15) is 14.7 Å². The van der Waals surface area contributed by atoms with E-state index in [-0.39, 0.29) is 11.4 Å². The monoisotopic (exact) mass is 296 g/mol. The van der Waals surface area contributed by atoms with Crippen molar-refractivity contribution in [2.24, 2.45) is 19.2 Å². The number of aromatic nitrogens is 2. The zero-order chi connectivity index (χ0) is 15.6. The summed E-state index contributed by atoms with van der Waals surface area (Å²) in [5, 5.41) is 16.4. The van der Waals surface area contributed by atoms with Crippen LogP contribution in [0, 0.1) is 0 Å². The molecule has 0 atom stereocenters. The van der Waals surface area contributed by atoms with Gasteiger partial charge in [-0.25, -0.2) is 4.79 Å². The molecular formula is C13H20N4O4. The van der Waals surface area contributed by atoms with Crippen LogP contribution in [0.25, 0.3) is 0 Å². The van der Waals surface area contributed by atoms with Crippen LogP contribution in [0.5, 0.6) is 5.88 Å². The minimum atomic E-state index is -0.567. The summed E-state index contributed by atoms with van der Waals surface area (Å²) in [5.74, 6) is -0.350. The quantitative estimate of drug-likeness (QED) is 0.740. The Labute approximate surface area is 121 Å². The van der Waals surface area contributed by atoms with Crippen molar-refractivity contribution in [1.29, 1.82) is 0 Å². The Morgan fingerprint density at radius 2 is 1.86 bits per heavy atom. The molecule has 0 bridgehead atoms. The van der Waals surface area contributed by atoms with E-state index in [0.29, 0.717) is 38.4 Å². The zero-order valence-electron chi connectivity index (χ0n) is 12.5. The third kappa shape index (κ3) is 2.85. The standard InChI is InChI=1S/C13H20N4O4/c1-4-9(14-17-5-7-21-8-6-17)10-11(18)15(2)13(20)16(3)12(10)19/h18H,4-8H2,1-3H3/b14-9+. The van der Waals surface area contributed by atoms with Crippen molar-refractivity contribution in [3.05, 3.63) is 26.4 Å². The third-order valence-corrected chi connectivity index (χ3v) is 3.51. The number of hydrogen-bond donors (Lipinski definition) is 1. The Hall–Kier alpha value is -2.09. The van der Waals surface area contributed by atoms with Crippen molar-refractivity contribution >= 4 is 5.71 Å². The minimum Gasteiger partial charge on any atom is -0.494 e. The maximum atomic E-state index is 12.3. The maximum Gasteiger partial charge on any atom is 0.333 e. The smallest absolute Gasteiger partial charge is 0.333 e. The fraction of sp³-hybridized carbons (Fsp3) is 0.615. The SMILES string of the molecule is CC/C(=N\N1CCOCC1)c1c(O)n(C)c(=O)n(C)c1=O. The molecule has 0 amide bonds. The van der Waals surface area contributed by atoms with E-state index >= 15 is 0 Å². The number of morpholine rings is 1. The number of nitrogens with zero attached hydrogens (tertiary/aromatic N) is 4. The molecule has 8 heteroatoms. The van der Waals surface area contributed by atoms with Crippen LogP contribution in [-0.4, -0.2) is 51.3 Å². The van der Waals surface area contributed by atoms with Crippen LogP contribution < -0.4 is 11.2 Å². The number of rotatable bonds is 3. The first-order chi connectivity index (χ1) is 9.97. The topological polar surface area (TPSA) is 89.1 Å². The Kier molecular flexibility index (Phi) is 4.46. The van der Waals surface area contributed by atoms with Crippen LogP contribution in [0.15, 0.2) is 14.7 Å². The van der Waals surface area contributed by atoms with E-state index in [1.807, 2.05) is 11.9 Å². The van der Waals surface area contributed by atoms with Crippen molar-refractivity contribution in [3.8, 4) is 5.88 Å². The Bertz CT molecular complexity index is 668. The van der Waals surface area contributed by atoms with E-state index in [0.717, 1.165) is 9.13 Å². The van der Waals surface area contributed by atoms with Crippen molar-refractivity contribution in [2.45, 2.75) is 13.3 Å². The molecule has 1 aromatic heterocycles. The molecule has 21 heavy (non-hydrogen) atoms. The first-order valence-corrected chi connectivity index (χ1v) is 6.86. The van der Waals surface area contributed by atoms with Crippen LogP contribution in [0.3, 0.4) is 0 Å². The van der Waals surface area contributed by atoms with Gasteiger partial charge in [0.2, 0.25) is 5.88 Å². The molecule has 0 radical (unpaired) electrons. The van der Waals surface area contributed by atoms with Gasteiger partial charge >= 0.3 is 5.69 Å². The van der Waals surface area contributed by atoms with Crippen LogP contribution in [-0.2, 0) is 18.8 Å². The molecule has 1 fully saturated rings. The molecule has 1 saturated heterocycles. The number of hydrazone groups is 1. The summed E-state index contributed by atoms with van der Waals surface area (Å²) >= 11 is 0. The molecular weight excluding hydrogens is 276 g/mol. The first kappa shape index (κ1) is 15.3. The number of ether oxygens (including phenoxy) is 1. The summed E-state index contributed by atoms with van der Waals surface area (Å²) in [6, 6.07) is 0. The van der Waals surface area contributed by atoms with E-state index in [1.54, 1.807) is 0 Å². The van der Waals surface area contributed by atoms with E-state index in [4.69, 9.17) is 4.74 Å². The molecule has 2 heterocycles. The van der Waals surface area contributed by atoms with Crippen LogP contribution >= 0.6 is 0 Å². The van der Waals surface area contributed by atoms with Gasteiger partial charge in [0.05, 0.1) is 32.0 Å². The normalized spacial score (nSPS) is 16.3. The highest BCUT2D eigenvalue weighted by Crippen LogP contribution is 2.13. The highest BCUT2D eigenvalue weighted by molar-refractivity contribution is 6.01. The molecule has 116 valence electrons. The third-order valence-electron chi connectivity index (χ3n) is 3.51. The van der Waals surface area contributed by atoms with Gasteiger partial charge in [0.15, 0.2) is 0 Å². The second kappa shape index (κ2) is 6.13. The lowest BCUT2D eigenvalue weighted by atomic mass is 10.1. The molecule has 0 unspecified atom stereocenters. The van der Waals surface area contributed by atoms with Gasteiger partial charge in [0.1, 0.15) is 5.56 Å². The molecule has 0 saturated carbocycles. The van der Waals surface area contributed by atoms with Crippen molar-refractivity contribution in [3.63, 3.8) is 0 Å². The molecule has 1 aliphatic rings. The lowest BCUT2D eigenvalue weighted by Gasteiger charge is -2.25. The maximum absolute atomic E-state index is 12.3. The van der Waals surface area contributed by atoms with Crippen molar-refractivity contribution < 1.29 is 9.84 Å². The summed E-state index contributed by atoms with van der Waals surface area (Å²) < 4.78 is 7.27. The fourth-order valence-electron chi connectivity index (χ4n) is 2.21. The Morgan fingerprint density at radius 3 is 2.43 bits per heavy atom. The highest BCUT2D eigenvalue weighted by atomic mass is 16.5. The van der Waals surface area contributed by atoms with Gasteiger partial charge in [-0.15, -0.1) is 0 Å². The number of hydrogen-bond acceptors (Lipinski definition) is 6. The molecule has 1 N–H and O–H groups in total. The molecule has 8 nitrogen and oxygen atoms in total. The van der Waals surface area contributed by atoms with Crippen LogP contribution in [0.1, 0.15) is 18.9 Å². The summed E-state index contributed by atoms with van der Waals surface area (Å²) in [6.07, 6.45) is 0.471. The van der Waals surface area contributed by atoms with Gasteiger partial charge in [-0.05, 0) is 6.42 Å². The summed E-state index contributed by atoms with van der Waals surface area (Å²) in [7, 11) is 2.80. The first-order valence-electron chi connectivity index (χ1n) is 6.86. The molecule has 0 aromatic carbocycles. The molecule has 1 aromatic rings. The second-order valence-corrected chi connectivity index (χ2v) is 4.87. The summed E-state index contributed by atoms with van der Waals surface area (Å²) in [4.78, 5) is 24.0. The van der Waals surface area contributed by atoms with Crippen LogP contribution in [0.4, 0.5) is 0 Å². The Morgan fingerprint density at radius 1 is 1.24 bits per heavy atom. The van der Waals surface area contributed by atoms with Gasteiger partial charge < -0.3 is 9.84 Å². The van der Waals surface area contributed by atoms with Gasteiger partial charge in [-0.1, -0.05) is 6.92 Å². The minimum absolute atomic E-state index is 0.0774. The summed E-state index contributed by atoms with van der Waals surface area (Å²) in [5.41, 5.74) is -0.563. The van der Waals surface area contributed by atoms with Crippen LogP contribution in [0.2, 0.25) is 0 Å². The lowest BCUT2D eigenvalue weighted by molar-refractivity contribution is 0.0393. The predicted molar refractivity (Wildman–Crippen MR) is 77.8 cm³/mol. The largest absolute Gasteiger partial charge is 0.494 e. The lowest BCUT2D eigenvalue weighted by Crippen LogP contribution is -2.40. The van der Waals surface area contributed by atoms with Gasteiger partial charge in [-0.2, -0.15) is 5.10 Å². The van der Waals surface area contributed by atoms with E-state index in [2.05, 4.69) is 5.10 Å². The summed E-state index contributed by atoms with van der Waals surface area (Å²) in [6.45, 7) is 4.28. The highest BCUT2D eigenvalue weighted by Gasteiger charge is 2.20. The second-order valence-electron chi connectivity index (χ2n) is 4.87. The molecule has 0 aliphatic carbocycles. The van der Waals surface area contributed by atoms with Gasteiger partial charge in [-0.3, -0.25) is 18.9 Å². The zero-order valence-corrected chi connectivity index (χ0v) is 12.5. The Balaban J connectivity index is 2.55. The van der Waals surface area contributed by atoms with Crippen molar-refractivity contribution in [1.82, 2.24) is 14.1 Å². The molecule has 2 rings (SSSR count). The average molecular weight is 296 g/mol.